The first kappa shape index (κ1) is 13.8. The average Bonchev–Trinajstić information content (AvgIpc) is 2.42. The molecule has 1 heterocycles. The molecule has 0 amide bonds. The quantitative estimate of drug-likeness (QED) is 0.869. The second-order valence-electron chi connectivity index (χ2n) is 4.13. The topological polar surface area (TPSA) is 34.1 Å². The summed E-state index contributed by atoms with van der Waals surface area (Å²) in [5.41, 5.74) is 1.90. The Kier molecular flexibility index (Phi) is 5.19. The van der Waals surface area contributed by atoms with Gasteiger partial charge in [-0.2, -0.15) is 0 Å². The van der Waals surface area contributed by atoms with Crippen molar-refractivity contribution >= 4 is 17.4 Å². The number of ether oxygens (including phenoxy) is 1. The molecule has 1 N–H and O–H groups in total. The van der Waals surface area contributed by atoms with Crippen LogP contribution >= 0.6 is 11.6 Å². The van der Waals surface area contributed by atoms with Crippen LogP contribution in [0.3, 0.4) is 0 Å². The summed E-state index contributed by atoms with van der Waals surface area (Å²) in [6, 6.07) is 13.6. The maximum atomic E-state index is 6.07. The molecule has 0 bridgehead atoms. The summed E-state index contributed by atoms with van der Waals surface area (Å²) in [5.74, 6) is 0.876. The maximum absolute atomic E-state index is 6.07. The van der Waals surface area contributed by atoms with Crippen LogP contribution in [0.5, 0.6) is 0 Å². The molecule has 2 rings (SSSR count). The van der Waals surface area contributed by atoms with Crippen molar-refractivity contribution in [3.05, 3.63) is 58.7 Å². The van der Waals surface area contributed by atoms with E-state index in [2.05, 4.69) is 10.3 Å². The summed E-state index contributed by atoms with van der Waals surface area (Å²) < 4.78 is 5.64. The van der Waals surface area contributed by atoms with Crippen LogP contribution in [0.4, 0.5) is 5.82 Å². The van der Waals surface area contributed by atoms with Crippen LogP contribution in [-0.2, 0) is 18.0 Å². The van der Waals surface area contributed by atoms with Gasteiger partial charge in [0.2, 0.25) is 0 Å². The van der Waals surface area contributed by atoms with Crippen LogP contribution in [0, 0.1) is 0 Å². The molecule has 2 aromatic rings. The fourth-order valence-electron chi connectivity index (χ4n) is 1.72. The van der Waals surface area contributed by atoms with Crippen molar-refractivity contribution in [2.75, 3.05) is 11.9 Å². The van der Waals surface area contributed by atoms with Gasteiger partial charge in [0, 0.05) is 11.6 Å². The Balaban J connectivity index is 1.89. The maximum Gasteiger partial charge on any atom is 0.126 e. The highest BCUT2D eigenvalue weighted by molar-refractivity contribution is 6.31. The van der Waals surface area contributed by atoms with E-state index in [1.807, 2.05) is 49.4 Å². The van der Waals surface area contributed by atoms with Crippen molar-refractivity contribution in [2.45, 2.75) is 20.1 Å². The molecule has 19 heavy (non-hydrogen) atoms. The summed E-state index contributed by atoms with van der Waals surface area (Å²) >= 11 is 6.07. The lowest BCUT2D eigenvalue weighted by Gasteiger charge is -2.07. The van der Waals surface area contributed by atoms with Crippen molar-refractivity contribution in [3.63, 3.8) is 0 Å². The number of benzene rings is 1. The highest BCUT2D eigenvalue weighted by Crippen LogP contribution is 2.16. The number of anilines is 1. The second-order valence-corrected chi connectivity index (χ2v) is 4.54. The molecule has 0 atom stereocenters. The van der Waals surface area contributed by atoms with Gasteiger partial charge in [-0.25, -0.2) is 4.98 Å². The van der Waals surface area contributed by atoms with Gasteiger partial charge >= 0.3 is 0 Å². The summed E-state index contributed by atoms with van der Waals surface area (Å²) in [6.07, 6.45) is 0. The molecule has 0 unspecified atom stereocenters. The predicted octanol–water partition coefficient (Wildman–Crippen LogP) is 3.88. The molecule has 0 aliphatic carbocycles. The van der Waals surface area contributed by atoms with Crippen LogP contribution < -0.4 is 5.32 Å². The van der Waals surface area contributed by atoms with Gasteiger partial charge in [0.05, 0.1) is 18.9 Å². The molecule has 100 valence electrons. The molecule has 0 radical (unpaired) electrons. The summed E-state index contributed by atoms with van der Waals surface area (Å²) in [7, 11) is 0. The molecule has 0 spiro atoms. The molecule has 0 aliphatic rings. The third-order valence-corrected chi connectivity index (χ3v) is 3.00. The van der Waals surface area contributed by atoms with E-state index in [0.717, 1.165) is 28.6 Å². The van der Waals surface area contributed by atoms with Crippen LogP contribution in [0.2, 0.25) is 5.02 Å². The summed E-state index contributed by atoms with van der Waals surface area (Å²) in [6.45, 7) is 3.87. The lowest BCUT2D eigenvalue weighted by Crippen LogP contribution is -2.02. The molecule has 0 fully saturated rings. The van der Waals surface area contributed by atoms with Crippen LogP contribution in [0.25, 0.3) is 0 Å². The molecule has 4 heteroatoms. The first-order valence-corrected chi connectivity index (χ1v) is 6.68. The van der Waals surface area contributed by atoms with Crippen LogP contribution in [0.15, 0.2) is 42.5 Å². The fraction of sp³-hybridized carbons (Fsp3) is 0.267. The molecule has 3 nitrogen and oxygen atoms in total. The van der Waals surface area contributed by atoms with E-state index < -0.39 is 0 Å². The van der Waals surface area contributed by atoms with E-state index >= 15 is 0 Å². The van der Waals surface area contributed by atoms with Crippen molar-refractivity contribution in [1.82, 2.24) is 4.98 Å². The van der Waals surface area contributed by atoms with Crippen molar-refractivity contribution in [3.8, 4) is 0 Å². The van der Waals surface area contributed by atoms with Gasteiger partial charge in [-0.05, 0) is 30.7 Å². The first-order chi connectivity index (χ1) is 9.29. The standard InChI is InChI=1S/C15H17ClN2O/c1-2-17-15-9-5-7-13(18-15)11-19-10-12-6-3-4-8-14(12)16/h3-9H,2,10-11H2,1H3,(H,17,18). The molecule has 0 aliphatic heterocycles. The van der Waals surface area contributed by atoms with E-state index in [-0.39, 0.29) is 0 Å². The smallest absolute Gasteiger partial charge is 0.126 e. The monoisotopic (exact) mass is 276 g/mol. The number of halogens is 1. The Morgan fingerprint density at radius 1 is 1.11 bits per heavy atom. The highest BCUT2D eigenvalue weighted by Gasteiger charge is 2.01. The van der Waals surface area contributed by atoms with Gasteiger partial charge in [0.25, 0.3) is 0 Å². The van der Waals surface area contributed by atoms with Crippen LogP contribution in [0.1, 0.15) is 18.2 Å². The zero-order valence-electron chi connectivity index (χ0n) is 10.9. The third kappa shape index (κ3) is 4.23. The zero-order valence-corrected chi connectivity index (χ0v) is 11.7. The molecule has 1 aromatic heterocycles. The van der Waals surface area contributed by atoms with E-state index in [1.165, 1.54) is 0 Å². The fourth-order valence-corrected chi connectivity index (χ4v) is 1.91. The minimum Gasteiger partial charge on any atom is -0.370 e. The average molecular weight is 277 g/mol. The van der Waals surface area contributed by atoms with Gasteiger partial charge in [-0.1, -0.05) is 35.9 Å². The minimum atomic E-state index is 0.477. The minimum absolute atomic E-state index is 0.477. The number of rotatable bonds is 6. The Morgan fingerprint density at radius 3 is 2.74 bits per heavy atom. The number of hydrogen-bond acceptors (Lipinski definition) is 3. The van der Waals surface area contributed by atoms with E-state index in [9.17, 15) is 0 Å². The number of nitrogens with zero attached hydrogens (tertiary/aromatic N) is 1. The van der Waals surface area contributed by atoms with Crippen LogP contribution in [-0.4, -0.2) is 11.5 Å². The van der Waals surface area contributed by atoms with Gasteiger partial charge in [0.15, 0.2) is 0 Å². The SMILES string of the molecule is CCNc1cccc(COCc2ccccc2Cl)n1. The van der Waals surface area contributed by atoms with E-state index in [1.54, 1.807) is 0 Å². The molecule has 0 saturated heterocycles. The lowest BCUT2D eigenvalue weighted by atomic mass is 10.2. The van der Waals surface area contributed by atoms with Gasteiger partial charge in [-0.3, -0.25) is 0 Å². The van der Waals surface area contributed by atoms with Crippen molar-refractivity contribution in [1.29, 1.82) is 0 Å². The summed E-state index contributed by atoms with van der Waals surface area (Å²) in [4.78, 5) is 4.45. The lowest BCUT2D eigenvalue weighted by molar-refractivity contribution is 0.105. The van der Waals surface area contributed by atoms with Gasteiger partial charge < -0.3 is 10.1 Å². The number of aromatic nitrogens is 1. The molecule has 0 saturated carbocycles. The zero-order chi connectivity index (χ0) is 13.5. The van der Waals surface area contributed by atoms with Crippen molar-refractivity contribution < 1.29 is 4.74 Å². The second kappa shape index (κ2) is 7.12. The van der Waals surface area contributed by atoms with Gasteiger partial charge in [-0.15, -0.1) is 0 Å². The Hall–Kier alpha value is -1.58. The molecular weight excluding hydrogens is 260 g/mol. The van der Waals surface area contributed by atoms with E-state index in [0.29, 0.717) is 13.2 Å². The summed E-state index contributed by atoms with van der Waals surface area (Å²) in [5, 5.41) is 3.91. The Morgan fingerprint density at radius 2 is 1.95 bits per heavy atom. The molecular formula is C15H17ClN2O. The van der Waals surface area contributed by atoms with E-state index in [4.69, 9.17) is 16.3 Å². The third-order valence-electron chi connectivity index (χ3n) is 2.63. The number of pyridine rings is 1. The largest absolute Gasteiger partial charge is 0.370 e. The Bertz CT molecular complexity index is 531. The molecule has 1 aromatic carbocycles. The highest BCUT2D eigenvalue weighted by atomic mass is 35.5. The number of hydrogen-bond donors (Lipinski definition) is 1. The Labute approximate surface area is 118 Å². The van der Waals surface area contributed by atoms with Crippen molar-refractivity contribution in [2.24, 2.45) is 0 Å². The first-order valence-electron chi connectivity index (χ1n) is 6.30. The van der Waals surface area contributed by atoms with Gasteiger partial charge in [0.1, 0.15) is 5.82 Å². The predicted molar refractivity (Wildman–Crippen MR) is 78.3 cm³/mol. The normalized spacial score (nSPS) is 10.4. The number of nitrogens with one attached hydrogen (secondary N) is 1.